The van der Waals surface area contributed by atoms with Gasteiger partial charge in [0.2, 0.25) is 0 Å². The maximum Gasteiger partial charge on any atom is 0.326 e. The van der Waals surface area contributed by atoms with Gasteiger partial charge in [0.15, 0.2) is 19.8 Å². The van der Waals surface area contributed by atoms with Gasteiger partial charge in [0, 0.05) is 12.2 Å². The van der Waals surface area contributed by atoms with Crippen LogP contribution in [0.3, 0.4) is 0 Å². The Morgan fingerprint density at radius 2 is 1.78 bits per heavy atom. The van der Waals surface area contributed by atoms with Crippen molar-refractivity contribution in [1.82, 2.24) is 19.5 Å². The van der Waals surface area contributed by atoms with E-state index in [2.05, 4.69) is 15.0 Å². The summed E-state index contributed by atoms with van der Waals surface area (Å²) in [6, 6.07) is 19.6. The molecule has 0 aliphatic heterocycles. The standard InChI is InChI=1S/C26H31N6O4P/c1-20(2)36-23(33)15-32(22-11-7-4-8-12-22)37(35-16-21-9-5-3-6-10-21)19-34-14-13-31-18-30-24-25(27)28-17-29-26(24)31/h3-12,17-18,20H,13-16,19H2,1-2H3,(H2,27,28,29). The molecule has 4 aromatic rings. The van der Waals surface area contributed by atoms with Crippen molar-refractivity contribution in [2.24, 2.45) is 0 Å². The van der Waals surface area contributed by atoms with Crippen molar-refractivity contribution in [3.63, 3.8) is 0 Å². The number of aromatic nitrogens is 4. The maximum atomic E-state index is 12.7. The molecule has 2 aromatic heterocycles. The zero-order valence-corrected chi connectivity index (χ0v) is 21.8. The number of hydrogen-bond acceptors (Lipinski definition) is 9. The van der Waals surface area contributed by atoms with Gasteiger partial charge in [-0.3, -0.25) is 4.79 Å². The first-order chi connectivity index (χ1) is 18.0. The highest BCUT2D eigenvalue weighted by atomic mass is 31.2. The number of nitrogens with two attached hydrogens (primary N) is 1. The molecule has 0 saturated heterocycles. The minimum atomic E-state index is -1.35. The second-order valence-corrected chi connectivity index (χ2v) is 10.2. The SMILES string of the molecule is CC(C)OC(=O)CN(c1ccccc1)P(COCCn1cnc2c(N)ncnc21)OCc1ccccc1. The molecule has 0 aliphatic rings. The number of anilines is 2. The molecule has 2 aromatic carbocycles. The third-order valence-electron chi connectivity index (χ3n) is 5.30. The average Bonchev–Trinajstić information content (AvgIpc) is 3.32. The largest absolute Gasteiger partial charge is 0.462 e. The number of hydrogen-bond donors (Lipinski definition) is 1. The summed E-state index contributed by atoms with van der Waals surface area (Å²) >= 11 is 0. The van der Waals surface area contributed by atoms with Crippen molar-refractivity contribution in [2.75, 3.05) is 29.9 Å². The Balaban J connectivity index is 1.47. The molecule has 0 spiro atoms. The van der Waals surface area contributed by atoms with E-state index < -0.39 is 8.30 Å². The molecule has 0 amide bonds. The predicted molar refractivity (Wildman–Crippen MR) is 144 cm³/mol. The normalized spacial score (nSPS) is 12.1. The number of imidazole rings is 1. The molecule has 4 rings (SSSR count). The summed E-state index contributed by atoms with van der Waals surface area (Å²) in [4.78, 5) is 25.2. The van der Waals surface area contributed by atoms with Crippen molar-refractivity contribution in [2.45, 2.75) is 33.1 Å². The second-order valence-electron chi connectivity index (χ2n) is 8.45. The number of para-hydroxylation sites is 1. The van der Waals surface area contributed by atoms with Gasteiger partial charge in [-0.2, -0.15) is 0 Å². The zero-order chi connectivity index (χ0) is 26.0. The third kappa shape index (κ3) is 7.45. The highest BCUT2D eigenvalue weighted by Crippen LogP contribution is 2.45. The molecule has 0 aliphatic carbocycles. The lowest BCUT2D eigenvalue weighted by molar-refractivity contribution is -0.145. The minimum absolute atomic E-state index is 0.0500. The van der Waals surface area contributed by atoms with E-state index in [0.717, 1.165) is 11.3 Å². The molecule has 0 bridgehead atoms. The number of esters is 1. The van der Waals surface area contributed by atoms with Gasteiger partial charge in [0.05, 0.1) is 25.6 Å². The van der Waals surface area contributed by atoms with Crippen LogP contribution in [0.15, 0.2) is 73.3 Å². The van der Waals surface area contributed by atoms with Crippen LogP contribution in [0.4, 0.5) is 11.5 Å². The molecule has 10 nitrogen and oxygen atoms in total. The quantitative estimate of drug-likeness (QED) is 0.155. The van der Waals surface area contributed by atoms with Crippen LogP contribution in [-0.2, 0) is 31.9 Å². The van der Waals surface area contributed by atoms with Gasteiger partial charge in [-0.15, -0.1) is 0 Å². The number of benzene rings is 2. The summed E-state index contributed by atoms with van der Waals surface area (Å²) in [6.07, 6.45) is 3.17. The van der Waals surface area contributed by atoms with Crippen molar-refractivity contribution in [3.05, 3.63) is 78.9 Å². The summed E-state index contributed by atoms with van der Waals surface area (Å²) in [5.74, 6) is 0.0195. The molecule has 2 N–H and O–H groups in total. The molecule has 0 radical (unpaired) electrons. The van der Waals surface area contributed by atoms with Gasteiger partial charge < -0.3 is 29.0 Å². The van der Waals surface area contributed by atoms with E-state index in [1.807, 2.05) is 83.7 Å². The molecule has 37 heavy (non-hydrogen) atoms. The van der Waals surface area contributed by atoms with Crippen LogP contribution in [0.1, 0.15) is 19.4 Å². The summed E-state index contributed by atoms with van der Waals surface area (Å²) in [7, 11) is -1.35. The Bertz CT molecular complexity index is 1270. The van der Waals surface area contributed by atoms with Crippen LogP contribution >= 0.6 is 8.30 Å². The first-order valence-electron chi connectivity index (χ1n) is 12.0. The lowest BCUT2D eigenvalue weighted by atomic mass is 10.2. The monoisotopic (exact) mass is 522 g/mol. The average molecular weight is 523 g/mol. The van der Waals surface area contributed by atoms with Gasteiger partial charge in [0.25, 0.3) is 0 Å². The molecule has 1 unspecified atom stereocenters. The van der Waals surface area contributed by atoms with Crippen LogP contribution < -0.4 is 10.4 Å². The molecule has 2 heterocycles. The second kappa shape index (κ2) is 13.1. The highest BCUT2D eigenvalue weighted by Gasteiger charge is 2.25. The topological polar surface area (TPSA) is 118 Å². The van der Waals surface area contributed by atoms with E-state index in [4.69, 9.17) is 19.7 Å². The van der Waals surface area contributed by atoms with Crippen molar-refractivity contribution in [3.8, 4) is 0 Å². The van der Waals surface area contributed by atoms with Gasteiger partial charge in [0.1, 0.15) is 24.7 Å². The predicted octanol–water partition coefficient (Wildman–Crippen LogP) is 4.37. The molecule has 0 saturated carbocycles. The van der Waals surface area contributed by atoms with Gasteiger partial charge in [-0.1, -0.05) is 48.5 Å². The van der Waals surface area contributed by atoms with Crippen molar-refractivity contribution < 1.29 is 18.8 Å². The fourth-order valence-electron chi connectivity index (χ4n) is 3.59. The molecule has 0 fully saturated rings. The first-order valence-corrected chi connectivity index (χ1v) is 13.4. The van der Waals surface area contributed by atoms with E-state index in [1.165, 1.54) is 6.33 Å². The van der Waals surface area contributed by atoms with Gasteiger partial charge in [-0.25, -0.2) is 15.0 Å². The highest BCUT2D eigenvalue weighted by molar-refractivity contribution is 7.54. The van der Waals surface area contributed by atoms with Crippen molar-refractivity contribution in [1.29, 1.82) is 0 Å². The Morgan fingerprint density at radius 1 is 1.05 bits per heavy atom. The summed E-state index contributed by atoms with van der Waals surface area (Å²) < 4.78 is 21.7. The fourth-order valence-corrected chi connectivity index (χ4v) is 5.19. The van der Waals surface area contributed by atoms with E-state index >= 15 is 0 Å². The van der Waals surface area contributed by atoms with E-state index in [9.17, 15) is 4.79 Å². The fraction of sp³-hybridized carbons (Fsp3) is 0.308. The molecular weight excluding hydrogens is 491 g/mol. The van der Waals surface area contributed by atoms with Gasteiger partial charge in [-0.05, 0) is 31.5 Å². The number of nitrogens with zero attached hydrogens (tertiary/aromatic N) is 5. The van der Waals surface area contributed by atoms with E-state index in [0.29, 0.717) is 36.7 Å². The maximum absolute atomic E-state index is 12.7. The number of nitrogen functional groups attached to an aromatic ring is 1. The summed E-state index contributed by atoms with van der Waals surface area (Å²) in [5.41, 5.74) is 9.00. The molecule has 11 heteroatoms. The number of rotatable bonds is 13. The number of fused-ring (bicyclic) bond motifs is 1. The van der Waals surface area contributed by atoms with Crippen LogP contribution in [0.5, 0.6) is 0 Å². The smallest absolute Gasteiger partial charge is 0.326 e. The Labute approximate surface area is 217 Å². The van der Waals surface area contributed by atoms with E-state index in [1.54, 1.807) is 6.33 Å². The Hall–Kier alpha value is -3.59. The first kappa shape index (κ1) is 26.5. The van der Waals surface area contributed by atoms with Crippen LogP contribution in [0, 0.1) is 0 Å². The van der Waals surface area contributed by atoms with Gasteiger partial charge >= 0.3 is 5.97 Å². The zero-order valence-electron chi connectivity index (χ0n) is 20.9. The molecular formula is C26H31N6O4P. The molecule has 1 atom stereocenters. The molecule has 194 valence electrons. The Morgan fingerprint density at radius 3 is 2.51 bits per heavy atom. The summed E-state index contributed by atoms with van der Waals surface area (Å²) in [5, 5.41) is 0. The number of carbonyl (C=O) groups excluding carboxylic acids is 1. The van der Waals surface area contributed by atoms with Crippen LogP contribution in [-0.4, -0.2) is 51.1 Å². The minimum Gasteiger partial charge on any atom is -0.462 e. The van der Waals surface area contributed by atoms with Crippen LogP contribution in [0.2, 0.25) is 0 Å². The Kier molecular flexibility index (Phi) is 9.37. The van der Waals surface area contributed by atoms with Crippen molar-refractivity contribution >= 4 is 36.9 Å². The number of ether oxygens (including phenoxy) is 2. The lowest BCUT2D eigenvalue weighted by Gasteiger charge is -2.32. The van der Waals surface area contributed by atoms with Crippen LogP contribution in [0.25, 0.3) is 11.2 Å². The summed E-state index contributed by atoms with van der Waals surface area (Å²) in [6.45, 7) is 5.02. The third-order valence-corrected chi connectivity index (χ3v) is 7.04. The lowest BCUT2D eigenvalue weighted by Crippen LogP contribution is -2.30. The van der Waals surface area contributed by atoms with E-state index in [-0.39, 0.29) is 25.0 Å². The number of carbonyl (C=O) groups is 1.